The summed E-state index contributed by atoms with van der Waals surface area (Å²) < 4.78 is 5.29. The lowest BCUT2D eigenvalue weighted by Gasteiger charge is -2.11. The molecular weight excluding hydrogens is 238 g/mol. The van der Waals surface area contributed by atoms with Gasteiger partial charge in [-0.05, 0) is 31.5 Å². The summed E-state index contributed by atoms with van der Waals surface area (Å²) in [5, 5.41) is 12.3. The Bertz CT molecular complexity index is 600. The van der Waals surface area contributed by atoms with Crippen LogP contribution < -0.4 is 10.1 Å². The summed E-state index contributed by atoms with van der Waals surface area (Å²) in [6.45, 7) is 4.47. The van der Waals surface area contributed by atoms with E-state index in [-0.39, 0.29) is 0 Å². The van der Waals surface area contributed by atoms with E-state index in [1.165, 1.54) is 0 Å². The molecule has 0 aliphatic rings. The molecule has 0 fully saturated rings. The van der Waals surface area contributed by atoms with E-state index in [0.29, 0.717) is 18.1 Å². The van der Waals surface area contributed by atoms with Crippen LogP contribution in [0.25, 0.3) is 0 Å². The molecule has 1 aromatic heterocycles. The second-order valence-corrected chi connectivity index (χ2v) is 4.05. The molecule has 0 radical (unpaired) electrons. The van der Waals surface area contributed by atoms with Gasteiger partial charge in [0, 0.05) is 6.07 Å². The van der Waals surface area contributed by atoms with Gasteiger partial charge in [0.25, 0.3) is 0 Å². The molecule has 0 saturated heterocycles. The first-order valence-electron chi connectivity index (χ1n) is 6.10. The number of hydrogen-bond acceptors (Lipinski definition) is 4. The number of aromatic nitrogens is 1. The average Bonchev–Trinajstić information content (AvgIpc) is 2.43. The number of ether oxygens (including phenoxy) is 1. The first-order valence-corrected chi connectivity index (χ1v) is 6.10. The van der Waals surface area contributed by atoms with Gasteiger partial charge in [-0.15, -0.1) is 0 Å². The topological polar surface area (TPSA) is 57.9 Å². The van der Waals surface area contributed by atoms with E-state index in [0.717, 1.165) is 16.9 Å². The third-order valence-corrected chi connectivity index (χ3v) is 2.69. The van der Waals surface area contributed by atoms with Crippen LogP contribution in [0, 0.1) is 18.3 Å². The minimum atomic E-state index is 0.593. The van der Waals surface area contributed by atoms with Crippen molar-refractivity contribution >= 4 is 11.4 Å². The summed E-state index contributed by atoms with van der Waals surface area (Å²) in [7, 11) is 0. The second kappa shape index (κ2) is 5.87. The third kappa shape index (κ3) is 3.02. The molecule has 1 aromatic carbocycles. The van der Waals surface area contributed by atoms with Crippen LogP contribution in [0.3, 0.4) is 0 Å². The molecular formula is C15H15N3O. The fourth-order valence-corrected chi connectivity index (χ4v) is 1.76. The Morgan fingerprint density at radius 1 is 1.32 bits per heavy atom. The standard InChI is InChI=1S/C15H15N3O/c1-3-19-14-8-7-13(10-17-14)18-15-11(2)5-4-6-12(15)9-16/h4-8,10,18H,3H2,1-2H3. The molecule has 0 saturated carbocycles. The Labute approximate surface area is 112 Å². The van der Waals surface area contributed by atoms with Crippen molar-refractivity contribution in [3.63, 3.8) is 0 Å². The number of pyridine rings is 1. The van der Waals surface area contributed by atoms with Gasteiger partial charge in [-0.25, -0.2) is 4.98 Å². The number of anilines is 2. The number of benzene rings is 1. The van der Waals surface area contributed by atoms with Crippen molar-refractivity contribution in [3.05, 3.63) is 47.7 Å². The van der Waals surface area contributed by atoms with Gasteiger partial charge in [0.15, 0.2) is 0 Å². The molecule has 0 aliphatic heterocycles. The van der Waals surface area contributed by atoms with E-state index < -0.39 is 0 Å². The monoisotopic (exact) mass is 253 g/mol. The lowest BCUT2D eigenvalue weighted by molar-refractivity contribution is 0.327. The SMILES string of the molecule is CCOc1ccc(Nc2c(C)cccc2C#N)cn1. The van der Waals surface area contributed by atoms with E-state index in [1.807, 2.05) is 32.0 Å². The van der Waals surface area contributed by atoms with Crippen molar-refractivity contribution in [2.45, 2.75) is 13.8 Å². The van der Waals surface area contributed by atoms with Crippen LogP contribution in [-0.2, 0) is 0 Å². The Kier molecular flexibility index (Phi) is 3.99. The van der Waals surface area contributed by atoms with Crippen molar-refractivity contribution in [2.24, 2.45) is 0 Å². The van der Waals surface area contributed by atoms with Crippen molar-refractivity contribution in [2.75, 3.05) is 11.9 Å². The van der Waals surface area contributed by atoms with Crippen molar-refractivity contribution in [1.29, 1.82) is 5.26 Å². The number of nitriles is 1. The van der Waals surface area contributed by atoms with Crippen LogP contribution in [0.5, 0.6) is 5.88 Å². The summed E-state index contributed by atoms with van der Waals surface area (Å²) in [6, 6.07) is 11.5. The maximum atomic E-state index is 9.11. The minimum Gasteiger partial charge on any atom is -0.478 e. The smallest absolute Gasteiger partial charge is 0.213 e. The van der Waals surface area contributed by atoms with Crippen LogP contribution in [-0.4, -0.2) is 11.6 Å². The van der Waals surface area contributed by atoms with E-state index in [4.69, 9.17) is 10.00 Å². The highest BCUT2D eigenvalue weighted by Gasteiger charge is 2.05. The van der Waals surface area contributed by atoms with Gasteiger partial charge in [-0.1, -0.05) is 12.1 Å². The van der Waals surface area contributed by atoms with Crippen LogP contribution in [0.4, 0.5) is 11.4 Å². The normalized spacial score (nSPS) is 9.74. The molecule has 0 bridgehead atoms. The van der Waals surface area contributed by atoms with E-state index >= 15 is 0 Å². The van der Waals surface area contributed by atoms with Crippen LogP contribution in [0.1, 0.15) is 18.1 Å². The Morgan fingerprint density at radius 2 is 2.16 bits per heavy atom. The average molecular weight is 253 g/mol. The number of rotatable bonds is 4. The summed E-state index contributed by atoms with van der Waals surface area (Å²) >= 11 is 0. The number of aryl methyl sites for hydroxylation is 1. The maximum absolute atomic E-state index is 9.11. The van der Waals surface area contributed by atoms with Gasteiger partial charge in [-0.3, -0.25) is 0 Å². The molecule has 1 heterocycles. The largest absolute Gasteiger partial charge is 0.478 e. The zero-order chi connectivity index (χ0) is 13.7. The van der Waals surface area contributed by atoms with Gasteiger partial charge in [0.1, 0.15) is 6.07 Å². The Hall–Kier alpha value is -2.54. The van der Waals surface area contributed by atoms with Crippen molar-refractivity contribution in [3.8, 4) is 11.9 Å². The first kappa shape index (κ1) is 12.9. The number of para-hydroxylation sites is 1. The van der Waals surface area contributed by atoms with E-state index in [1.54, 1.807) is 18.3 Å². The quantitative estimate of drug-likeness (QED) is 0.907. The molecule has 4 nitrogen and oxygen atoms in total. The van der Waals surface area contributed by atoms with Gasteiger partial charge in [0.2, 0.25) is 5.88 Å². The van der Waals surface area contributed by atoms with Crippen molar-refractivity contribution in [1.82, 2.24) is 4.98 Å². The molecule has 0 aliphatic carbocycles. The molecule has 1 N–H and O–H groups in total. The molecule has 96 valence electrons. The zero-order valence-electron chi connectivity index (χ0n) is 11.0. The van der Waals surface area contributed by atoms with Crippen LogP contribution in [0.2, 0.25) is 0 Å². The lowest BCUT2D eigenvalue weighted by atomic mass is 10.1. The fraction of sp³-hybridized carbons (Fsp3) is 0.200. The summed E-state index contributed by atoms with van der Waals surface area (Å²) in [5.74, 6) is 0.596. The molecule has 0 amide bonds. The Morgan fingerprint density at radius 3 is 2.79 bits per heavy atom. The molecule has 0 unspecified atom stereocenters. The van der Waals surface area contributed by atoms with Gasteiger partial charge in [-0.2, -0.15) is 5.26 Å². The lowest BCUT2D eigenvalue weighted by Crippen LogP contribution is -1.98. The molecule has 19 heavy (non-hydrogen) atoms. The molecule has 2 aromatic rings. The number of hydrogen-bond donors (Lipinski definition) is 1. The van der Waals surface area contributed by atoms with Gasteiger partial charge in [0.05, 0.1) is 29.7 Å². The fourth-order valence-electron chi connectivity index (χ4n) is 1.76. The highest BCUT2D eigenvalue weighted by molar-refractivity contribution is 5.69. The number of nitrogens with zero attached hydrogens (tertiary/aromatic N) is 2. The van der Waals surface area contributed by atoms with Crippen molar-refractivity contribution < 1.29 is 4.74 Å². The number of nitrogens with one attached hydrogen (secondary N) is 1. The zero-order valence-corrected chi connectivity index (χ0v) is 11.0. The minimum absolute atomic E-state index is 0.593. The van der Waals surface area contributed by atoms with E-state index in [9.17, 15) is 0 Å². The third-order valence-electron chi connectivity index (χ3n) is 2.69. The molecule has 0 atom stereocenters. The van der Waals surface area contributed by atoms with Gasteiger partial charge >= 0.3 is 0 Å². The van der Waals surface area contributed by atoms with Gasteiger partial charge < -0.3 is 10.1 Å². The molecule has 4 heteroatoms. The summed E-state index contributed by atoms with van der Waals surface area (Å²) in [4.78, 5) is 4.18. The highest BCUT2D eigenvalue weighted by Crippen LogP contribution is 2.24. The predicted octanol–water partition coefficient (Wildman–Crippen LogP) is 3.40. The summed E-state index contributed by atoms with van der Waals surface area (Å²) in [5.41, 5.74) is 3.28. The predicted molar refractivity (Wildman–Crippen MR) is 74.6 cm³/mol. The van der Waals surface area contributed by atoms with Crippen LogP contribution in [0.15, 0.2) is 36.5 Å². The highest BCUT2D eigenvalue weighted by atomic mass is 16.5. The molecule has 0 spiro atoms. The first-order chi connectivity index (χ1) is 9.24. The van der Waals surface area contributed by atoms with E-state index in [2.05, 4.69) is 16.4 Å². The second-order valence-electron chi connectivity index (χ2n) is 4.05. The Balaban J connectivity index is 2.24. The summed E-state index contributed by atoms with van der Waals surface area (Å²) in [6.07, 6.45) is 1.69. The van der Waals surface area contributed by atoms with Crippen LogP contribution >= 0.6 is 0 Å². The molecule has 2 rings (SSSR count). The maximum Gasteiger partial charge on any atom is 0.213 e.